The highest BCUT2D eigenvalue weighted by atomic mass is 16.1. The molecule has 0 heterocycles. The summed E-state index contributed by atoms with van der Waals surface area (Å²) in [5, 5.41) is 6.26. The van der Waals surface area contributed by atoms with Crippen molar-refractivity contribution in [2.75, 3.05) is 11.9 Å². The molecular formula is C15H22N2O. The Morgan fingerprint density at radius 1 is 1.33 bits per heavy atom. The summed E-state index contributed by atoms with van der Waals surface area (Å²) in [5.74, 6) is 0.101. The van der Waals surface area contributed by atoms with E-state index in [0.717, 1.165) is 24.9 Å². The van der Waals surface area contributed by atoms with Crippen molar-refractivity contribution in [1.82, 2.24) is 5.32 Å². The molecule has 1 saturated carbocycles. The number of anilines is 1. The van der Waals surface area contributed by atoms with E-state index in [-0.39, 0.29) is 5.91 Å². The number of rotatable bonds is 5. The number of carbonyl (C=O) groups excluding carboxylic acids is 1. The summed E-state index contributed by atoms with van der Waals surface area (Å²) >= 11 is 0. The summed E-state index contributed by atoms with van der Waals surface area (Å²) in [7, 11) is 0. The Hall–Kier alpha value is -1.51. The first-order valence-electron chi connectivity index (χ1n) is 6.90. The fourth-order valence-electron chi connectivity index (χ4n) is 2.43. The third-order valence-electron chi connectivity index (χ3n) is 3.51. The standard InChI is InChI=1S/C15H22N2O/c1-2-12-6-5-9-14(10-12)16-11-15(18)17-13-7-3-4-8-13/h5-6,9-10,13,16H,2-4,7-8,11H2,1H3,(H,17,18). The van der Waals surface area contributed by atoms with Crippen LogP contribution in [0.15, 0.2) is 24.3 Å². The molecule has 2 rings (SSSR count). The van der Waals surface area contributed by atoms with Gasteiger partial charge in [-0.1, -0.05) is 31.9 Å². The predicted octanol–water partition coefficient (Wildman–Crippen LogP) is 2.72. The molecular weight excluding hydrogens is 224 g/mol. The second kappa shape index (κ2) is 6.43. The van der Waals surface area contributed by atoms with Gasteiger partial charge in [-0.15, -0.1) is 0 Å². The lowest BCUT2D eigenvalue weighted by molar-refractivity contribution is -0.120. The molecule has 0 spiro atoms. The summed E-state index contributed by atoms with van der Waals surface area (Å²) < 4.78 is 0. The van der Waals surface area contributed by atoms with Gasteiger partial charge in [-0.25, -0.2) is 0 Å². The minimum absolute atomic E-state index is 0.101. The zero-order valence-electron chi connectivity index (χ0n) is 11.0. The Bertz CT molecular complexity index is 397. The van der Waals surface area contributed by atoms with E-state index < -0.39 is 0 Å². The van der Waals surface area contributed by atoms with Gasteiger partial charge in [0.15, 0.2) is 0 Å². The van der Waals surface area contributed by atoms with Crippen molar-refractivity contribution in [1.29, 1.82) is 0 Å². The minimum Gasteiger partial charge on any atom is -0.376 e. The molecule has 3 heteroatoms. The van der Waals surface area contributed by atoms with Crippen molar-refractivity contribution in [2.24, 2.45) is 0 Å². The van der Waals surface area contributed by atoms with Gasteiger partial charge in [-0.3, -0.25) is 4.79 Å². The molecule has 0 aliphatic heterocycles. The largest absolute Gasteiger partial charge is 0.376 e. The van der Waals surface area contributed by atoms with Crippen molar-refractivity contribution < 1.29 is 4.79 Å². The van der Waals surface area contributed by atoms with E-state index in [0.29, 0.717) is 12.6 Å². The van der Waals surface area contributed by atoms with E-state index in [2.05, 4.69) is 29.7 Å². The van der Waals surface area contributed by atoms with Crippen LogP contribution < -0.4 is 10.6 Å². The first-order chi connectivity index (χ1) is 8.78. The molecule has 0 unspecified atom stereocenters. The molecule has 18 heavy (non-hydrogen) atoms. The summed E-state index contributed by atoms with van der Waals surface area (Å²) in [6, 6.07) is 8.63. The second-order valence-electron chi connectivity index (χ2n) is 4.96. The second-order valence-corrected chi connectivity index (χ2v) is 4.96. The van der Waals surface area contributed by atoms with E-state index in [9.17, 15) is 4.79 Å². The maximum Gasteiger partial charge on any atom is 0.239 e. The number of carbonyl (C=O) groups is 1. The van der Waals surface area contributed by atoms with Crippen molar-refractivity contribution in [3.63, 3.8) is 0 Å². The van der Waals surface area contributed by atoms with Gasteiger partial charge in [-0.2, -0.15) is 0 Å². The maximum atomic E-state index is 11.8. The first-order valence-corrected chi connectivity index (χ1v) is 6.90. The third-order valence-corrected chi connectivity index (χ3v) is 3.51. The van der Waals surface area contributed by atoms with Gasteiger partial charge in [0, 0.05) is 11.7 Å². The zero-order valence-corrected chi connectivity index (χ0v) is 11.0. The fraction of sp³-hybridized carbons (Fsp3) is 0.533. The molecule has 1 aliphatic rings. The Kier molecular flexibility index (Phi) is 4.62. The first kappa shape index (κ1) is 12.9. The van der Waals surface area contributed by atoms with Crippen LogP contribution in [0.3, 0.4) is 0 Å². The molecule has 1 fully saturated rings. The lowest BCUT2D eigenvalue weighted by Crippen LogP contribution is -2.36. The average molecular weight is 246 g/mol. The summed E-state index contributed by atoms with van der Waals surface area (Å²) in [6.45, 7) is 2.50. The Balaban J connectivity index is 1.77. The molecule has 3 nitrogen and oxygen atoms in total. The predicted molar refractivity (Wildman–Crippen MR) is 74.7 cm³/mol. The smallest absolute Gasteiger partial charge is 0.239 e. The Morgan fingerprint density at radius 2 is 2.11 bits per heavy atom. The Labute approximate surface area is 109 Å². The van der Waals surface area contributed by atoms with Gasteiger partial charge in [0.05, 0.1) is 6.54 Å². The average Bonchev–Trinajstić information content (AvgIpc) is 2.89. The van der Waals surface area contributed by atoms with Crippen LogP contribution >= 0.6 is 0 Å². The molecule has 0 aromatic heterocycles. The van der Waals surface area contributed by atoms with Crippen LogP contribution in [0.2, 0.25) is 0 Å². The number of amides is 1. The van der Waals surface area contributed by atoms with E-state index >= 15 is 0 Å². The van der Waals surface area contributed by atoms with Gasteiger partial charge in [0.2, 0.25) is 5.91 Å². The van der Waals surface area contributed by atoms with E-state index in [1.54, 1.807) is 0 Å². The molecule has 0 bridgehead atoms. The lowest BCUT2D eigenvalue weighted by atomic mass is 10.1. The zero-order chi connectivity index (χ0) is 12.8. The molecule has 98 valence electrons. The van der Waals surface area contributed by atoms with E-state index in [1.807, 2.05) is 12.1 Å². The number of nitrogens with one attached hydrogen (secondary N) is 2. The topological polar surface area (TPSA) is 41.1 Å². The minimum atomic E-state index is 0.101. The molecule has 2 N–H and O–H groups in total. The van der Waals surface area contributed by atoms with Crippen LogP contribution in [-0.4, -0.2) is 18.5 Å². The molecule has 1 aromatic carbocycles. The highest BCUT2D eigenvalue weighted by molar-refractivity contribution is 5.81. The summed E-state index contributed by atoms with van der Waals surface area (Å²) in [6.07, 6.45) is 5.78. The molecule has 1 aliphatic carbocycles. The SMILES string of the molecule is CCc1cccc(NCC(=O)NC2CCCC2)c1. The van der Waals surface area contributed by atoms with Crippen molar-refractivity contribution in [3.05, 3.63) is 29.8 Å². The van der Waals surface area contributed by atoms with Crippen LogP contribution in [0.4, 0.5) is 5.69 Å². The van der Waals surface area contributed by atoms with E-state index in [1.165, 1.54) is 18.4 Å². The molecule has 0 saturated heterocycles. The highest BCUT2D eigenvalue weighted by Gasteiger charge is 2.16. The molecule has 1 aromatic rings. The van der Waals surface area contributed by atoms with Crippen molar-refractivity contribution in [2.45, 2.75) is 45.1 Å². The van der Waals surface area contributed by atoms with E-state index in [4.69, 9.17) is 0 Å². The van der Waals surface area contributed by atoms with Crippen LogP contribution in [0, 0.1) is 0 Å². The van der Waals surface area contributed by atoms with Gasteiger partial charge in [-0.05, 0) is 37.0 Å². The normalized spacial score (nSPS) is 15.6. The molecule has 0 radical (unpaired) electrons. The van der Waals surface area contributed by atoms with Crippen LogP contribution in [0.25, 0.3) is 0 Å². The van der Waals surface area contributed by atoms with Gasteiger partial charge in [0.1, 0.15) is 0 Å². The highest BCUT2D eigenvalue weighted by Crippen LogP contribution is 2.17. The fourth-order valence-corrected chi connectivity index (χ4v) is 2.43. The monoisotopic (exact) mass is 246 g/mol. The van der Waals surface area contributed by atoms with Gasteiger partial charge in [0.25, 0.3) is 0 Å². The lowest BCUT2D eigenvalue weighted by Gasteiger charge is -2.13. The van der Waals surface area contributed by atoms with Crippen LogP contribution in [0.5, 0.6) is 0 Å². The van der Waals surface area contributed by atoms with Crippen LogP contribution in [0.1, 0.15) is 38.2 Å². The maximum absolute atomic E-state index is 11.8. The molecule has 1 amide bonds. The quantitative estimate of drug-likeness (QED) is 0.838. The number of benzene rings is 1. The number of aryl methyl sites for hydroxylation is 1. The summed E-state index contributed by atoms with van der Waals surface area (Å²) in [4.78, 5) is 11.8. The Morgan fingerprint density at radius 3 is 2.83 bits per heavy atom. The van der Waals surface area contributed by atoms with Gasteiger partial charge >= 0.3 is 0 Å². The van der Waals surface area contributed by atoms with Crippen molar-refractivity contribution >= 4 is 11.6 Å². The van der Waals surface area contributed by atoms with Crippen LogP contribution in [-0.2, 0) is 11.2 Å². The number of hydrogen-bond acceptors (Lipinski definition) is 2. The molecule has 0 atom stereocenters. The van der Waals surface area contributed by atoms with Crippen molar-refractivity contribution in [3.8, 4) is 0 Å². The summed E-state index contributed by atoms with van der Waals surface area (Å²) in [5.41, 5.74) is 2.31. The van der Waals surface area contributed by atoms with Gasteiger partial charge < -0.3 is 10.6 Å². The third kappa shape index (κ3) is 3.76. The number of hydrogen-bond donors (Lipinski definition) is 2.